The minimum Gasteiger partial charge on any atom is -0.467 e. The van der Waals surface area contributed by atoms with Gasteiger partial charge < -0.3 is 14.8 Å². The number of aromatic nitrogens is 6. The second-order valence-corrected chi connectivity index (χ2v) is 3.23. The van der Waals surface area contributed by atoms with Gasteiger partial charge >= 0.3 is 12.0 Å². The molecule has 0 saturated heterocycles. The first kappa shape index (κ1) is 12.0. The molecule has 9 nitrogen and oxygen atoms in total. The van der Waals surface area contributed by atoms with Gasteiger partial charge in [-0.15, -0.1) is 10.1 Å². The van der Waals surface area contributed by atoms with Crippen LogP contribution in [0.15, 0.2) is 12.4 Å². The van der Waals surface area contributed by atoms with Gasteiger partial charge in [-0.3, -0.25) is 4.68 Å². The number of ether oxygens (including phenoxy) is 2. The molecule has 0 spiro atoms. The van der Waals surface area contributed by atoms with Gasteiger partial charge in [0.15, 0.2) is 0 Å². The molecule has 96 valence electrons. The van der Waals surface area contributed by atoms with Crippen LogP contribution in [0.1, 0.15) is 0 Å². The number of hydrogen-bond donors (Lipinski definition) is 1. The Bertz CT molecular complexity index is 465. The lowest BCUT2D eigenvalue weighted by Crippen LogP contribution is -2.13. The Morgan fingerprint density at radius 2 is 1.89 bits per heavy atom. The standard InChI is InChI=1S/C9H13N7O2/c1-17-8-12-7(13-9(14-8)18-2)10-3-5-16-6-4-11-15-16/h4,6H,3,5H2,1-2H3,(H,10,12,13,14). The normalized spacial score (nSPS) is 10.1. The van der Waals surface area contributed by atoms with E-state index in [2.05, 4.69) is 30.6 Å². The third kappa shape index (κ3) is 3.03. The Balaban J connectivity index is 1.95. The number of nitrogens with one attached hydrogen (secondary N) is 1. The van der Waals surface area contributed by atoms with Crippen molar-refractivity contribution in [3.8, 4) is 12.0 Å². The van der Waals surface area contributed by atoms with E-state index >= 15 is 0 Å². The van der Waals surface area contributed by atoms with Crippen molar-refractivity contribution in [2.45, 2.75) is 6.54 Å². The summed E-state index contributed by atoms with van der Waals surface area (Å²) in [6, 6.07) is 0.398. The summed E-state index contributed by atoms with van der Waals surface area (Å²) in [6.07, 6.45) is 3.39. The van der Waals surface area contributed by atoms with Crippen LogP contribution in [0.3, 0.4) is 0 Å². The highest BCUT2D eigenvalue weighted by Crippen LogP contribution is 2.11. The number of rotatable bonds is 6. The zero-order valence-corrected chi connectivity index (χ0v) is 10.1. The summed E-state index contributed by atoms with van der Waals surface area (Å²) < 4.78 is 11.6. The van der Waals surface area contributed by atoms with Crippen LogP contribution in [0.4, 0.5) is 5.95 Å². The van der Waals surface area contributed by atoms with Crippen molar-refractivity contribution >= 4 is 5.95 Å². The molecular weight excluding hydrogens is 238 g/mol. The lowest BCUT2D eigenvalue weighted by Gasteiger charge is -2.07. The summed E-state index contributed by atoms with van der Waals surface area (Å²) in [7, 11) is 2.96. The highest BCUT2D eigenvalue weighted by atomic mass is 16.5. The lowest BCUT2D eigenvalue weighted by atomic mass is 10.6. The van der Waals surface area contributed by atoms with E-state index in [1.165, 1.54) is 14.2 Å². The van der Waals surface area contributed by atoms with Crippen LogP contribution in [-0.4, -0.2) is 50.7 Å². The third-order valence-corrected chi connectivity index (χ3v) is 2.06. The van der Waals surface area contributed by atoms with Crippen LogP contribution in [0.5, 0.6) is 12.0 Å². The molecule has 0 amide bonds. The Labute approximate surface area is 103 Å². The van der Waals surface area contributed by atoms with Crippen molar-refractivity contribution < 1.29 is 9.47 Å². The van der Waals surface area contributed by atoms with E-state index in [9.17, 15) is 0 Å². The first-order valence-electron chi connectivity index (χ1n) is 5.24. The molecule has 0 unspecified atom stereocenters. The van der Waals surface area contributed by atoms with Gasteiger partial charge in [0.2, 0.25) is 5.95 Å². The molecule has 0 aromatic carbocycles. The first-order valence-corrected chi connectivity index (χ1v) is 5.24. The zero-order chi connectivity index (χ0) is 12.8. The molecule has 0 radical (unpaired) electrons. The maximum atomic E-state index is 4.94. The molecule has 2 heterocycles. The Kier molecular flexibility index (Phi) is 3.84. The van der Waals surface area contributed by atoms with E-state index in [0.717, 1.165) is 0 Å². The molecule has 0 fully saturated rings. The summed E-state index contributed by atoms with van der Waals surface area (Å²) in [5.74, 6) is 0.388. The van der Waals surface area contributed by atoms with Gasteiger partial charge in [0.1, 0.15) is 0 Å². The van der Waals surface area contributed by atoms with Crippen LogP contribution >= 0.6 is 0 Å². The number of nitrogens with zero attached hydrogens (tertiary/aromatic N) is 6. The van der Waals surface area contributed by atoms with Crippen molar-refractivity contribution in [2.75, 3.05) is 26.1 Å². The largest absolute Gasteiger partial charge is 0.467 e. The Morgan fingerprint density at radius 3 is 2.44 bits per heavy atom. The molecule has 2 aromatic rings. The topological polar surface area (TPSA) is 99.9 Å². The highest BCUT2D eigenvalue weighted by Gasteiger charge is 2.06. The fraction of sp³-hybridized carbons (Fsp3) is 0.444. The second-order valence-electron chi connectivity index (χ2n) is 3.23. The van der Waals surface area contributed by atoms with E-state index in [1.807, 2.05) is 0 Å². The van der Waals surface area contributed by atoms with Gasteiger partial charge in [-0.05, 0) is 0 Å². The minimum atomic E-state index is 0.199. The van der Waals surface area contributed by atoms with E-state index < -0.39 is 0 Å². The van der Waals surface area contributed by atoms with Crippen LogP contribution < -0.4 is 14.8 Å². The maximum absolute atomic E-state index is 4.94. The van der Waals surface area contributed by atoms with Crippen molar-refractivity contribution in [3.63, 3.8) is 0 Å². The molecule has 0 aliphatic carbocycles. The summed E-state index contributed by atoms with van der Waals surface area (Å²) in [5.41, 5.74) is 0. The van der Waals surface area contributed by atoms with Crippen molar-refractivity contribution in [2.24, 2.45) is 0 Å². The lowest BCUT2D eigenvalue weighted by molar-refractivity contribution is 0.341. The molecule has 18 heavy (non-hydrogen) atoms. The fourth-order valence-corrected chi connectivity index (χ4v) is 1.23. The summed E-state index contributed by atoms with van der Waals surface area (Å²) in [5, 5.41) is 10.6. The molecule has 1 N–H and O–H groups in total. The molecule has 0 saturated carbocycles. The number of hydrogen-bond acceptors (Lipinski definition) is 8. The first-order chi connectivity index (χ1) is 8.81. The number of anilines is 1. The third-order valence-electron chi connectivity index (χ3n) is 2.06. The van der Waals surface area contributed by atoms with Gasteiger partial charge in [-0.2, -0.15) is 9.97 Å². The predicted octanol–water partition coefficient (Wildman–Crippen LogP) is -0.408. The smallest absolute Gasteiger partial charge is 0.324 e. The van der Waals surface area contributed by atoms with E-state index in [-0.39, 0.29) is 12.0 Å². The minimum absolute atomic E-state index is 0.199. The van der Waals surface area contributed by atoms with Crippen molar-refractivity contribution in [3.05, 3.63) is 12.4 Å². The molecule has 0 aliphatic heterocycles. The molecule has 2 rings (SSSR count). The van der Waals surface area contributed by atoms with E-state index in [0.29, 0.717) is 19.0 Å². The molecular formula is C9H13N7O2. The average molecular weight is 251 g/mol. The van der Waals surface area contributed by atoms with Crippen LogP contribution in [0, 0.1) is 0 Å². The zero-order valence-electron chi connectivity index (χ0n) is 10.1. The van der Waals surface area contributed by atoms with Gasteiger partial charge in [-0.25, -0.2) is 0 Å². The van der Waals surface area contributed by atoms with Gasteiger partial charge in [-0.1, -0.05) is 5.21 Å². The summed E-state index contributed by atoms with van der Waals surface area (Å²) in [4.78, 5) is 12.0. The van der Waals surface area contributed by atoms with Crippen LogP contribution in [-0.2, 0) is 6.54 Å². The SMILES string of the molecule is COc1nc(NCCn2ccnn2)nc(OC)n1. The molecule has 0 bridgehead atoms. The monoisotopic (exact) mass is 251 g/mol. The van der Waals surface area contributed by atoms with Crippen LogP contribution in [0.2, 0.25) is 0 Å². The van der Waals surface area contributed by atoms with Crippen molar-refractivity contribution in [1.29, 1.82) is 0 Å². The molecule has 0 atom stereocenters. The Hall–Kier alpha value is -2.45. The van der Waals surface area contributed by atoms with Crippen molar-refractivity contribution in [1.82, 2.24) is 29.9 Å². The van der Waals surface area contributed by atoms with Gasteiger partial charge in [0, 0.05) is 12.7 Å². The Morgan fingerprint density at radius 1 is 1.17 bits per heavy atom. The van der Waals surface area contributed by atoms with Crippen LogP contribution in [0.25, 0.3) is 0 Å². The molecule has 0 aliphatic rings. The number of methoxy groups -OCH3 is 2. The summed E-state index contributed by atoms with van der Waals surface area (Å²) in [6.45, 7) is 1.25. The fourth-order valence-electron chi connectivity index (χ4n) is 1.23. The van der Waals surface area contributed by atoms with E-state index in [4.69, 9.17) is 9.47 Å². The van der Waals surface area contributed by atoms with E-state index in [1.54, 1.807) is 17.1 Å². The quantitative estimate of drug-likeness (QED) is 0.739. The summed E-state index contributed by atoms with van der Waals surface area (Å²) >= 11 is 0. The van der Waals surface area contributed by atoms with Gasteiger partial charge in [0.25, 0.3) is 0 Å². The van der Waals surface area contributed by atoms with Gasteiger partial charge in [0.05, 0.1) is 27.0 Å². The molecule has 9 heteroatoms. The second kappa shape index (κ2) is 5.75. The maximum Gasteiger partial charge on any atom is 0.324 e. The average Bonchev–Trinajstić information content (AvgIpc) is 2.91. The highest BCUT2D eigenvalue weighted by molar-refractivity contribution is 5.27. The molecule has 2 aromatic heterocycles. The predicted molar refractivity (Wildman–Crippen MR) is 61.4 cm³/mol.